The van der Waals surface area contributed by atoms with Crippen LogP contribution < -0.4 is 0 Å². The van der Waals surface area contributed by atoms with Crippen LogP contribution in [0, 0.1) is 0 Å². The lowest BCUT2D eigenvalue weighted by atomic mass is 9.81. The molecular weight excluding hydrogens is 308 g/mol. The molecule has 1 atom stereocenters. The summed E-state index contributed by atoms with van der Waals surface area (Å²) in [6, 6.07) is 14.3. The first-order valence-electron chi connectivity index (χ1n) is 9.19. The summed E-state index contributed by atoms with van der Waals surface area (Å²) in [5.74, 6) is -0.576. The molecular formula is C23H30O2. The highest BCUT2D eigenvalue weighted by Gasteiger charge is 2.20. The molecule has 0 spiro atoms. The molecule has 0 saturated heterocycles. The lowest BCUT2D eigenvalue weighted by Gasteiger charge is -2.23. The van der Waals surface area contributed by atoms with Crippen molar-refractivity contribution < 1.29 is 9.90 Å². The van der Waals surface area contributed by atoms with E-state index in [2.05, 4.69) is 65.0 Å². The standard InChI is InChI=1S/C23H30O2/c1-6-16(2)21-18(11-9-12-19(21)22(24)25)15-14-17-10-7-8-13-20(17)23(3,4)5/h7-13,16H,6,14-15H2,1-5H3,(H,24,25). The first kappa shape index (κ1) is 19.2. The van der Waals surface area contributed by atoms with Crippen molar-refractivity contribution in [1.29, 1.82) is 0 Å². The summed E-state index contributed by atoms with van der Waals surface area (Å²) in [5, 5.41) is 9.57. The number of aromatic carboxylic acids is 1. The van der Waals surface area contributed by atoms with Gasteiger partial charge in [-0.25, -0.2) is 4.79 Å². The van der Waals surface area contributed by atoms with E-state index in [0.717, 1.165) is 30.4 Å². The number of carboxylic acid groups (broad SMARTS) is 1. The van der Waals surface area contributed by atoms with E-state index in [4.69, 9.17) is 0 Å². The number of carboxylic acids is 1. The van der Waals surface area contributed by atoms with Gasteiger partial charge in [0.05, 0.1) is 5.56 Å². The van der Waals surface area contributed by atoms with Gasteiger partial charge in [0.1, 0.15) is 0 Å². The molecule has 0 fully saturated rings. The van der Waals surface area contributed by atoms with Gasteiger partial charge in [-0.1, -0.05) is 71.0 Å². The number of carbonyl (C=O) groups is 1. The van der Waals surface area contributed by atoms with Crippen molar-refractivity contribution in [3.05, 3.63) is 70.3 Å². The van der Waals surface area contributed by atoms with Crippen LogP contribution in [0.3, 0.4) is 0 Å². The number of hydrogen-bond acceptors (Lipinski definition) is 1. The second-order valence-corrected chi connectivity index (χ2v) is 7.90. The van der Waals surface area contributed by atoms with Crippen LogP contribution in [0.5, 0.6) is 0 Å². The zero-order chi connectivity index (χ0) is 18.6. The fourth-order valence-electron chi connectivity index (χ4n) is 3.54. The highest BCUT2D eigenvalue weighted by atomic mass is 16.4. The minimum Gasteiger partial charge on any atom is -0.478 e. The zero-order valence-corrected chi connectivity index (χ0v) is 16.1. The molecule has 1 unspecified atom stereocenters. The number of benzene rings is 2. The SMILES string of the molecule is CCC(C)c1c(CCc2ccccc2C(C)(C)C)cccc1C(=O)O. The summed E-state index contributed by atoms with van der Waals surface area (Å²) in [5.41, 5.74) is 5.46. The Kier molecular flexibility index (Phi) is 6.05. The van der Waals surface area contributed by atoms with Gasteiger partial charge in [0.25, 0.3) is 0 Å². The van der Waals surface area contributed by atoms with Gasteiger partial charge in [0.2, 0.25) is 0 Å². The van der Waals surface area contributed by atoms with Crippen molar-refractivity contribution in [3.8, 4) is 0 Å². The molecule has 2 aromatic rings. The van der Waals surface area contributed by atoms with Crippen molar-refractivity contribution in [1.82, 2.24) is 0 Å². The lowest BCUT2D eigenvalue weighted by Crippen LogP contribution is -2.15. The van der Waals surface area contributed by atoms with Gasteiger partial charge in [0.15, 0.2) is 0 Å². The van der Waals surface area contributed by atoms with E-state index in [0.29, 0.717) is 5.56 Å². The maximum atomic E-state index is 11.7. The Morgan fingerprint density at radius 3 is 2.20 bits per heavy atom. The van der Waals surface area contributed by atoms with Crippen LogP contribution in [0.15, 0.2) is 42.5 Å². The quantitative estimate of drug-likeness (QED) is 0.703. The average molecular weight is 338 g/mol. The molecule has 0 radical (unpaired) electrons. The van der Waals surface area contributed by atoms with Crippen LogP contribution in [0.4, 0.5) is 0 Å². The largest absolute Gasteiger partial charge is 0.478 e. The predicted octanol–water partition coefficient (Wildman–Crippen LogP) is 5.98. The van der Waals surface area contributed by atoms with Crippen molar-refractivity contribution in [3.63, 3.8) is 0 Å². The first-order valence-corrected chi connectivity index (χ1v) is 9.19. The van der Waals surface area contributed by atoms with Crippen LogP contribution in [-0.4, -0.2) is 11.1 Å². The Hall–Kier alpha value is -2.09. The van der Waals surface area contributed by atoms with Crippen LogP contribution >= 0.6 is 0 Å². The fraction of sp³-hybridized carbons (Fsp3) is 0.435. The summed E-state index contributed by atoms with van der Waals surface area (Å²) < 4.78 is 0. The van der Waals surface area contributed by atoms with Gasteiger partial charge in [-0.3, -0.25) is 0 Å². The van der Waals surface area contributed by atoms with Crippen molar-refractivity contribution in [2.75, 3.05) is 0 Å². The molecule has 2 aromatic carbocycles. The third-order valence-electron chi connectivity index (χ3n) is 5.02. The molecule has 1 N–H and O–H groups in total. The van der Waals surface area contributed by atoms with Crippen molar-refractivity contribution >= 4 is 5.97 Å². The minimum absolute atomic E-state index is 0.110. The van der Waals surface area contributed by atoms with Gasteiger partial charge in [0, 0.05) is 0 Å². The van der Waals surface area contributed by atoms with E-state index in [1.807, 2.05) is 6.07 Å². The van der Waals surface area contributed by atoms with Crippen molar-refractivity contribution in [2.24, 2.45) is 0 Å². The van der Waals surface area contributed by atoms with E-state index in [9.17, 15) is 9.90 Å². The van der Waals surface area contributed by atoms with Crippen LogP contribution in [-0.2, 0) is 18.3 Å². The lowest BCUT2D eigenvalue weighted by molar-refractivity contribution is 0.0695. The minimum atomic E-state index is -0.827. The summed E-state index contributed by atoms with van der Waals surface area (Å²) >= 11 is 0. The first-order chi connectivity index (χ1) is 11.8. The Morgan fingerprint density at radius 1 is 1.00 bits per heavy atom. The van der Waals surface area contributed by atoms with E-state index in [1.54, 1.807) is 6.07 Å². The molecule has 0 aliphatic heterocycles. The molecule has 2 heteroatoms. The molecule has 2 rings (SSSR count). The third-order valence-corrected chi connectivity index (χ3v) is 5.02. The number of aryl methyl sites for hydroxylation is 2. The van der Waals surface area contributed by atoms with E-state index in [1.165, 1.54) is 11.1 Å². The van der Waals surface area contributed by atoms with Gasteiger partial charge in [-0.05, 0) is 58.9 Å². The van der Waals surface area contributed by atoms with Crippen LogP contribution in [0.2, 0.25) is 0 Å². The number of hydrogen-bond donors (Lipinski definition) is 1. The Balaban J connectivity index is 2.37. The highest BCUT2D eigenvalue weighted by Crippen LogP contribution is 2.30. The van der Waals surface area contributed by atoms with E-state index < -0.39 is 5.97 Å². The van der Waals surface area contributed by atoms with Gasteiger partial charge < -0.3 is 5.11 Å². The Bertz CT molecular complexity index is 738. The summed E-state index contributed by atoms with van der Waals surface area (Å²) in [4.78, 5) is 11.7. The average Bonchev–Trinajstić information content (AvgIpc) is 2.58. The molecule has 134 valence electrons. The van der Waals surface area contributed by atoms with E-state index in [-0.39, 0.29) is 11.3 Å². The predicted molar refractivity (Wildman–Crippen MR) is 105 cm³/mol. The maximum absolute atomic E-state index is 11.7. The van der Waals surface area contributed by atoms with Gasteiger partial charge in [-0.2, -0.15) is 0 Å². The molecule has 0 heterocycles. The molecule has 0 bridgehead atoms. The topological polar surface area (TPSA) is 37.3 Å². The monoisotopic (exact) mass is 338 g/mol. The summed E-state index contributed by atoms with van der Waals surface area (Å²) in [6.45, 7) is 10.9. The highest BCUT2D eigenvalue weighted by molar-refractivity contribution is 5.90. The summed E-state index contributed by atoms with van der Waals surface area (Å²) in [6.07, 6.45) is 2.74. The summed E-state index contributed by atoms with van der Waals surface area (Å²) in [7, 11) is 0. The van der Waals surface area contributed by atoms with Crippen molar-refractivity contribution in [2.45, 2.75) is 65.2 Å². The van der Waals surface area contributed by atoms with Crippen LogP contribution in [0.25, 0.3) is 0 Å². The van der Waals surface area contributed by atoms with Gasteiger partial charge >= 0.3 is 5.97 Å². The molecule has 0 saturated carbocycles. The third kappa shape index (κ3) is 4.50. The molecule has 0 aliphatic carbocycles. The molecule has 2 nitrogen and oxygen atoms in total. The van der Waals surface area contributed by atoms with Crippen LogP contribution in [0.1, 0.15) is 79.6 Å². The smallest absolute Gasteiger partial charge is 0.335 e. The normalized spacial score (nSPS) is 12.8. The molecule has 0 aliphatic rings. The maximum Gasteiger partial charge on any atom is 0.335 e. The molecule has 25 heavy (non-hydrogen) atoms. The number of rotatable bonds is 6. The fourth-order valence-corrected chi connectivity index (χ4v) is 3.54. The zero-order valence-electron chi connectivity index (χ0n) is 16.1. The van der Waals surface area contributed by atoms with E-state index >= 15 is 0 Å². The second kappa shape index (κ2) is 7.86. The van der Waals surface area contributed by atoms with Gasteiger partial charge in [-0.15, -0.1) is 0 Å². The second-order valence-electron chi connectivity index (χ2n) is 7.90. The Labute approximate surface area is 151 Å². The molecule has 0 amide bonds. The molecule has 0 aromatic heterocycles. The Morgan fingerprint density at radius 2 is 1.60 bits per heavy atom.